The van der Waals surface area contributed by atoms with Gasteiger partial charge in [-0.3, -0.25) is 0 Å². The Balaban J connectivity index is 1.74. The van der Waals surface area contributed by atoms with Gasteiger partial charge < -0.3 is 19.9 Å². The van der Waals surface area contributed by atoms with Crippen LogP contribution in [-0.2, 0) is 0 Å². The zero-order valence-corrected chi connectivity index (χ0v) is 15.5. The van der Waals surface area contributed by atoms with E-state index in [0.717, 1.165) is 24.9 Å². The minimum absolute atomic E-state index is 0.0907. The summed E-state index contributed by atoms with van der Waals surface area (Å²) in [7, 11) is 0. The van der Waals surface area contributed by atoms with E-state index in [-0.39, 0.29) is 30.3 Å². The standard InChI is InChI=1S/C19H22FN5O3/c1-12(26)11-27-18-16(20)19(28-13-5-4-7-21-9-13)24-17(23-18)14-10-22-25-8-3-2-6-15(14)25/h2-3,6,8,10,12-13,21,26H,4-5,7,9,11H2,1H3/t12-,13+/m0/s1. The molecule has 2 N–H and O–H groups in total. The summed E-state index contributed by atoms with van der Waals surface area (Å²) in [5.41, 5.74) is 1.41. The molecule has 0 aromatic carbocycles. The van der Waals surface area contributed by atoms with E-state index in [2.05, 4.69) is 20.4 Å². The number of hydrogen-bond donors (Lipinski definition) is 2. The van der Waals surface area contributed by atoms with Gasteiger partial charge in [0.1, 0.15) is 12.7 Å². The summed E-state index contributed by atoms with van der Waals surface area (Å²) in [6.45, 7) is 3.00. The fourth-order valence-electron chi connectivity index (χ4n) is 3.09. The molecule has 28 heavy (non-hydrogen) atoms. The van der Waals surface area contributed by atoms with Crippen molar-refractivity contribution in [2.45, 2.75) is 32.0 Å². The molecule has 1 fully saturated rings. The van der Waals surface area contributed by atoms with Crippen LogP contribution < -0.4 is 14.8 Å². The van der Waals surface area contributed by atoms with Gasteiger partial charge in [0, 0.05) is 12.7 Å². The van der Waals surface area contributed by atoms with Gasteiger partial charge in [-0.2, -0.15) is 19.5 Å². The maximum absolute atomic E-state index is 14.9. The molecule has 0 spiro atoms. The van der Waals surface area contributed by atoms with Crippen LogP contribution >= 0.6 is 0 Å². The first-order valence-electron chi connectivity index (χ1n) is 9.30. The molecule has 1 aliphatic heterocycles. The van der Waals surface area contributed by atoms with Crippen molar-refractivity contribution in [3.63, 3.8) is 0 Å². The fraction of sp³-hybridized carbons (Fsp3) is 0.421. The summed E-state index contributed by atoms with van der Waals surface area (Å²) >= 11 is 0. The number of piperidine rings is 1. The summed E-state index contributed by atoms with van der Waals surface area (Å²) in [5.74, 6) is -0.928. The van der Waals surface area contributed by atoms with Crippen molar-refractivity contribution < 1.29 is 19.0 Å². The predicted octanol–water partition coefficient (Wildman–Crippen LogP) is 1.82. The third-order valence-electron chi connectivity index (χ3n) is 4.45. The largest absolute Gasteiger partial charge is 0.473 e. The molecule has 4 heterocycles. The van der Waals surface area contributed by atoms with Crippen molar-refractivity contribution in [3.05, 3.63) is 36.4 Å². The van der Waals surface area contributed by atoms with Gasteiger partial charge in [0.05, 0.1) is 23.4 Å². The van der Waals surface area contributed by atoms with Gasteiger partial charge >= 0.3 is 0 Å². The lowest BCUT2D eigenvalue weighted by Crippen LogP contribution is -2.37. The number of pyridine rings is 1. The topological polar surface area (TPSA) is 93.8 Å². The van der Waals surface area contributed by atoms with E-state index in [1.807, 2.05) is 18.2 Å². The summed E-state index contributed by atoms with van der Waals surface area (Å²) in [6, 6.07) is 5.61. The van der Waals surface area contributed by atoms with E-state index in [9.17, 15) is 9.50 Å². The molecule has 3 aromatic heterocycles. The molecule has 0 amide bonds. The van der Waals surface area contributed by atoms with E-state index in [1.54, 1.807) is 23.8 Å². The number of halogens is 1. The third kappa shape index (κ3) is 3.90. The molecule has 8 nitrogen and oxygen atoms in total. The SMILES string of the molecule is C[C@H](O)COc1nc(-c2cnn3ccccc23)nc(O[C@@H]2CCCNC2)c1F. The second-order valence-corrected chi connectivity index (χ2v) is 6.81. The Hall–Kier alpha value is -2.78. The predicted molar refractivity (Wildman–Crippen MR) is 99.9 cm³/mol. The van der Waals surface area contributed by atoms with Gasteiger partial charge in [-0.1, -0.05) is 6.07 Å². The first-order chi connectivity index (χ1) is 13.6. The van der Waals surface area contributed by atoms with E-state index in [1.165, 1.54) is 0 Å². The molecule has 0 unspecified atom stereocenters. The lowest BCUT2D eigenvalue weighted by molar-refractivity contribution is 0.113. The lowest BCUT2D eigenvalue weighted by atomic mass is 10.1. The molecule has 1 saturated heterocycles. The Labute approximate surface area is 161 Å². The van der Waals surface area contributed by atoms with Crippen LogP contribution in [0.4, 0.5) is 4.39 Å². The third-order valence-corrected chi connectivity index (χ3v) is 4.45. The maximum atomic E-state index is 14.9. The minimum Gasteiger partial charge on any atom is -0.473 e. The van der Waals surface area contributed by atoms with Crippen molar-refractivity contribution in [1.82, 2.24) is 24.9 Å². The zero-order valence-electron chi connectivity index (χ0n) is 15.5. The van der Waals surface area contributed by atoms with Crippen LogP contribution in [0.3, 0.4) is 0 Å². The molecule has 4 rings (SSSR count). The smallest absolute Gasteiger partial charge is 0.258 e. The van der Waals surface area contributed by atoms with Crippen molar-refractivity contribution in [3.8, 4) is 23.1 Å². The molecule has 1 aliphatic rings. The van der Waals surface area contributed by atoms with Crippen molar-refractivity contribution in [2.24, 2.45) is 0 Å². The van der Waals surface area contributed by atoms with Crippen LogP contribution in [0, 0.1) is 5.82 Å². The highest BCUT2D eigenvalue weighted by Gasteiger charge is 2.24. The molecule has 2 atom stereocenters. The summed E-state index contributed by atoms with van der Waals surface area (Å²) < 4.78 is 27.8. The molecule has 148 valence electrons. The number of aromatic nitrogens is 4. The van der Waals surface area contributed by atoms with Gasteiger partial charge in [-0.15, -0.1) is 0 Å². The number of rotatable bonds is 6. The van der Waals surface area contributed by atoms with Crippen molar-refractivity contribution in [1.29, 1.82) is 0 Å². The van der Waals surface area contributed by atoms with E-state index < -0.39 is 11.9 Å². The summed E-state index contributed by atoms with van der Waals surface area (Å²) in [5, 5.41) is 17.0. The number of nitrogens with zero attached hydrogens (tertiary/aromatic N) is 4. The number of fused-ring (bicyclic) bond motifs is 1. The Morgan fingerprint density at radius 2 is 2.21 bits per heavy atom. The van der Waals surface area contributed by atoms with Crippen LogP contribution in [0.2, 0.25) is 0 Å². The van der Waals surface area contributed by atoms with Gasteiger partial charge in [0.15, 0.2) is 5.82 Å². The molecular formula is C19H22FN5O3. The van der Waals surface area contributed by atoms with Gasteiger partial charge in [0.2, 0.25) is 5.82 Å². The zero-order chi connectivity index (χ0) is 19.5. The molecule has 0 saturated carbocycles. The molecule has 0 bridgehead atoms. The van der Waals surface area contributed by atoms with E-state index in [4.69, 9.17) is 9.47 Å². The maximum Gasteiger partial charge on any atom is 0.258 e. The van der Waals surface area contributed by atoms with Crippen LogP contribution in [0.15, 0.2) is 30.6 Å². The highest BCUT2D eigenvalue weighted by molar-refractivity contribution is 5.75. The Morgan fingerprint density at radius 3 is 3.00 bits per heavy atom. The monoisotopic (exact) mass is 387 g/mol. The van der Waals surface area contributed by atoms with Gasteiger partial charge in [-0.25, -0.2) is 4.52 Å². The first-order valence-corrected chi connectivity index (χ1v) is 9.30. The summed E-state index contributed by atoms with van der Waals surface area (Å²) in [6.07, 6.45) is 4.24. The van der Waals surface area contributed by atoms with Crippen LogP contribution in [-0.4, -0.2) is 56.6 Å². The quantitative estimate of drug-likeness (QED) is 0.666. The van der Waals surface area contributed by atoms with Crippen molar-refractivity contribution >= 4 is 5.52 Å². The Kier molecular flexibility index (Phi) is 5.36. The highest BCUT2D eigenvalue weighted by Crippen LogP contribution is 2.30. The number of aliphatic hydroxyl groups is 1. The summed E-state index contributed by atoms with van der Waals surface area (Å²) in [4.78, 5) is 8.54. The average molecular weight is 387 g/mol. The number of nitrogens with one attached hydrogen (secondary N) is 1. The Morgan fingerprint density at radius 1 is 1.36 bits per heavy atom. The number of aliphatic hydroxyl groups excluding tert-OH is 1. The lowest BCUT2D eigenvalue weighted by Gasteiger charge is -2.24. The van der Waals surface area contributed by atoms with E-state index >= 15 is 0 Å². The van der Waals surface area contributed by atoms with Crippen LogP contribution in [0.1, 0.15) is 19.8 Å². The highest BCUT2D eigenvalue weighted by atomic mass is 19.1. The minimum atomic E-state index is -0.772. The van der Waals surface area contributed by atoms with Crippen LogP contribution in [0.5, 0.6) is 11.8 Å². The van der Waals surface area contributed by atoms with Crippen molar-refractivity contribution in [2.75, 3.05) is 19.7 Å². The molecule has 9 heteroatoms. The molecular weight excluding hydrogens is 365 g/mol. The van der Waals surface area contributed by atoms with Crippen LogP contribution in [0.25, 0.3) is 16.9 Å². The normalized spacial score (nSPS) is 18.2. The number of ether oxygens (including phenoxy) is 2. The van der Waals surface area contributed by atoms with E-state index in [0.29, 0.717) is 12.1 Å². The molecule has 0 radical (unpaired) electrons. The Bertz CT molecular complexity index is 956. The molecule has 3 aromatic rings. The average Bonchev–Trinajstić information content (AvgIpc) is 3.13. The van der Waals surface area contributed by atoms with Gasteiger partial charge in [0.25, 0.3) is 11.8 Å². The second kappa shape index (κ2) is 8.07. The first kappa shape index (κ1) is 18.6. The molecule has 0 aliphatic carbocycles. The van der Waals surface area contributed by atoms with Gasteiger partial charge in [-0.05, 0) is 38.4 Å². The second-order valence-electron chi connectivity index (χ2n) is 6.81. The fourth-order valence-corrected chi connectivity index (χ4v) is 3.09. The number of hydrogen-bond acceptors (Lipinski definition) is 7.